The molecule has 0 saturated carbocycles. The molecule has 16 heavy (non-hydrogen) atoms. The molecule has 4 heteroatoms. The molecule has 1 N–H and O–H groups in total. The third-order valence-electron chi connectivity index (χ3n) is 1.92. The molecule has 0 radical (unpaired) electrons. The maximum absolute atomic E-state index is 13.2. The highest BCUT2D eigenvalue weighted by Crippen LogP contribution is 2.09. The first kappa shape index (κ1) is 12.2. The van der Waals surface area contributed by atoms with E-state index in [0.29, 0.717) is 5.56 Å². The molecule has 0 atom stereocenters. The Bertz CT molecular complexity index is 443. The summed E-state index contributed by atoms with van der Waals surface area (Å²) in [5, 5.41) is 8.75. The lowest BCUT2D eigenvalue weighted by atomic mass is 10.1. The van der Waals surface area contributed by atoms with Crippen molar-refractivity contribution in [3.63, 3.8) is 0 Å². The van der Waals surface area contributed by atoms with E-state index in [-0.39, 0.29) is 18.6 Å². The van der Waals surface area contributed by atoms with Crippen molar-refractivity contribution in [2.24, 2.45) is 0 Å². The lowest BCUT2D eigenvalue weighted by molar-refractivity contribution is -0.139. The molecule has 84 valence electrons. The number of aliphatic hydroxyl groups excluding tert-OH is 1. The van der Waals surface area contributed by atoms with E-state index >= 15 is 0 Å². The molecule has 0 aromatic heterocycles. The minimum Gasteiger partial charge on any atom is -0.468 e. The standard InChI is InChI=1S/C12H11FO3/c1-16-12(15)4-2-3-9-5-6-10(8-14)11(13)7-9/h5-7,14H,4,8H2,1H3. The number of rotatable bonds is 2. The lowest BCUT2D eigenvalue weighted by Gasteiger charge is -1.98. The van der Waals surface area contributed by atoms with Gasteiger partial charge in [0.25, 0.3) is 0 Å². The van der Waals surface area contributed by atoms with Crippen LogP contribution in [0, 0.1) is 17.7 Å². The van der Waals surface area contributed by atoms with Crippen LogP contribution < -0.4 is 0 Å². The number of carbonyl (C=O) groups is 1. The van der Waals surface area contributed by atoms with Gasteiger partial charge in [0, 0.05) is 11.1 Å². The molecule has 0 aliphatic heterocycles. The van der Waals surface area contributed by atoms with Crippen molar-refractivity contribution in [3.8, 4) is 11.8 Å². The fourth-order valence-electron chi connectivity index (χ4n) is 1.04. The summed E-state index contributed by atoms with van der Waals surface area (Å²) in [5.41, 5.74) is 0.678. The van der Waals surface area contributed by atoms with E-state index < -0.39 is 11.8 Å². The van der Waals surface area contributed by atoms with E-state index in [0.717, 1.165) is 0 Å². The van der Waals surface area contributed by atoms with Gasteiger partial charge >= 0.3 is 5.97 Å². The Balaban J connectivity index is 2.75. The van der Waals surface area contributed by atoms with Crippen LogP contribution in [0.15, 0.2) is 18.2 Å². The first-order valence-corrected chi connectivity index (χ1v) is 4.62. The summed E-state index contributed by atoms with van der Waals surface area (Å²) in [7, 11) is 1.28. The number of esters is 1. The van der Waals surface area contributed by atoms with E-state index in [1.165, 1.54) is 19.2 Å². The van der Waals surface area contributed by atoms with Gasteiger partial charge < -0.3 is 9.84 Å². The average molecular weight is 222 g/mol. The lowest BCUT2D eigenvalue weighted by Crippen LogP contribution is -1.97. The minimum atomic E-state index is -0.507. The summed E-state index contributed by atoms with van der Waals surface area (Å²) >= 11 is 0. The first-order valence-electron chi connectivity index (χ1n) is 4.62. The molecule has 0 aliphatic carbocycles. The highest BCUT2D eigenvalue weighted by molar-refractivity contribution is 5.72. The van der Waals surface area contributed by atoms with Gasteiger partial charge in [0.05, 0.1) is 13.7 Å². The van der Waals surface area contributed by atoms with Crippen LogP contribution in [0.4, 0.5) is 4.39 Å². The molecule has 3 nitrogen and oxygen atoms in total. The predicted molar refractivity (Wildman–Crippen MR) is 55.8 cm³/mol. The molecule has 0 bridgehead atoms. The molecule has 1 rings (SSSR count). The Morgan fingerprint density at radius 2 is 2.31 bits per heavy atom. The van der Waals surface area contributed by atoms with Gasteiger partial charge in [-0.15, -0.1) is 0 Å². The number of halogens is 1. The molecular formula is C12H11FO3. The quantitative estimate of drug-likeness (QED) is 0.604. The van der Waals surface area contributed by atoms with Crippen molar-refractivity contribution in [2.45, 2.75) is 13.0 Å². The number of hydrogen-bond acceptors (Lipinski definition) is 3. The van der Waals surface area contributed by atoms with Gasteiger partial charge in [0.1, 0.15) is 12.2 Å². The zero-order valence-electron chi connectivity index (χ0n) is 8.79. The second-order valence-electron chi connectivity index (χ2n) is 3.02. The van der Waals surface area contributed by atoms with Gasteiger partial charge in [-0.1, -0.05) is 17.9 Å². The molecule has 0 unspecified atom stereocenters. The summed E-state index contributed by atoms with van der Waals surface area (Å²) in [4.78, 5) is 10.7. The highest BCUT2D eigenvalue weighted by Gasteiger charge is 2.00. The van der Waals surface area contributed by atoms with Crippen LogP contribution in [-0.4, -0.2) is 18.2 Å². The zero-order chi connectivity index (χ0) is 12.0. The van der Waals surface area contributed by atoms with Crippen molar-refractivity contribution < 1.29 is 19.0 Å². The van der Waals surface area contributed by atoms with Gasteiger partial charge in [-0.25, -0.2) is 4.39 Å². The third kappa shape index (κ3) is 3.37. The second-order valence-corrected chi connectivity index (χ2v) is 3.02. The summed E-state index contributed by atoms with van der Waals surface area (Å²) in [6.45, 7) is -0.346. The molecule has 0 amide bonds. The maximum Gasteiger partial charge on any atom is 0.317 e. The van der Waals surface area contributed by atoms with Crippen LogP contribution in [0.1, 0.15) is 17.5 Å². The Morgan fingerprint density at radius 1 is 1.56 bits per heavy atom. The van der Waals surface area contributed by atoms with Crippen molar-refractivity contribution in [3.05, 3.63) is 35.1 Å². The molecule has 0 spiro atoms. The number of ether oxygens (including phenoxy) is 1. The predicted octanol–water partition coefficient (Wildman–Crippen LogP) is 1.23. The van der Waals surface area contributed by atoms with Gasteiger partial charge in [0.2, 0.25) is 0 Å². The van der Waals surface area contributed by atoms with E-state index in [9.17, 15) is 9.18 Å². The largest absolute Gasteiger partial charge is 0.468 e. The molecular weight excluding hydrogens is 211 g/mol. The average Bonchev–Trinajstić information content (AvgIpc) is 2.29. The maximum atomic E-state index is 13.2. The van der Waals surface area contributed by atoms with Gasteiger partial charge in [-0.05, 0) is 12.1 Å². The Labute approximate surface area is 92.9 Å². The second kappa shape index (κ2) is 5.89. The van der Waals surface area contributed by atoms with Gasteiger partial charge in [-0.2, -0.15) is 0 Å². The zero-order valence-corrected chi connectivity index (χ0v) is 8.79. The van der Waals surface area contributed by atoms with Crippen LogP contribution in [0.25, 0.3) is 0 Å². The van der Waals surface area contributed by atoms with Crippen molar-refractivity contribution in [1.82, 2.24) is 0 Å². The Kier molecular flexibility index (Phi) is 4.49. The molecule has 0 saturated heterocycles. The van der Waals surface area contributed by atoms with Crippen LogP contribution in [-0.2, 0) is 16.1 Å². The molecule has 1 aromatic rings. The fourth-order valence-corrected chi connectivity index (χ4v) is 1.04. The number of methoxy groups -OCH3 is 1. The number of benzene rings is 1. The molecule has 0 fully saturated rings. The van der Waals surface area contributed by atoms with E-state index in [1.807, 2.05) is 0 Å². The molecule has 1 aromatic carbocycles. The normalized spacial score (nSPS) is 9.19. The smallest absolute Gasteiger partial charge is 0.317 e. The molecule has 0 heterocycles. The SMILES string of the molecule is COC(=O)CC#Cc1ccc(CO)c(F)c1. The molecule has 0 aliphatic rings. The van der Waals surface area contributed by atoms with Crippen LogP contribution >= 0.6 is 0 Å². The summed E-state index contributed by atoms with van der Waals surface area (Å²) in [5.74, 6) is 4.26. The summed E-state index contributed by atoms with van der Waals surface area (Å²) in [6.07, 6.45) is -0.0279. The van der Waals surface area contributed by atoms with Crippen molar-refractivity contribution in [1.29, 1.82) is 0 Å². The van der Waals surface area contributed by atoms with E-state index in [2.05, 4.69) is 16.6 Å². The van der Waals surface area contributed by atoms with Crippen molar-refractivity contribution >= 4 is 5.97 Å². The first-order chi connectivity index (χ1) is 7.67. The Morgan fingerprint density at radius 3 is 2.88 bits per heavy atom. The Hall–Kier alpha value is -1.86. The van der Waals surface area contributed by atoms with Crippen LogP contribution in [0.5, 0.6) is 0 Å². The number of hydrogen-bond donors (Lipinski definition) is 1. The fraction of sp³-hybridized carbons (Fsp3) is 0.250. The number of carbonyl (C=O) groups excluding carboxylic acids is 1. The van der Waals surface area contributed by atoms with Gasteiger partial charge in [0.15, 0.2) is 0 Å². The summed E-state index contributed by atoms with van der Waals surface area (Å²) < 4.78 is 17.6. The van der Waals surface area contributed by atoms with Gasteiger partial charge in [-0.3, -0.25) is 4.79 Å². The van der Waals surface area contributed by atoms with Crippen LogP contribution in [0.3, 0.4) is 0 Å². The van der Waals surface area contributed by atoms with Crippen molar-refractivity contribution in [2.75, 3.05) is 7.11 Å². The van der Waals surface area contributed by atoms with Crippen LogP contribution in [0.2, 0.25) is 0 Å². The monoisotopic (exact) mass is 222 g/mol. The van der Waals surface area contributed by atoms with E-state index in [1.54, 1.807) is 6.07 Å². The minimum absolute atomic E-state index is 0.0279. The highest BCUT2D eigenvalue weighted by atomic mass is 19.1. The van der Waals surface area contributed by atoms with E-state index in [4.69, 9.17) is 5.11 Å². The summed E-state index contributed by atoms with van der Waals surface area (Å²) in [6, 6.07) is 4.26. The number of aliphatic hydroxyl groups is 1. The third-order valence-corrected chi connectivity index (χ3v) is 1.92. The topological polar surface area (TPSA) is 46.5 Å².